The van der Waals surface area contributed by atoms with Crippen LogP contribution in [-0.2, 0) is 0 Å². The average molecular weight is 199 g/mol. The molecular weight excluding hydrogens is 182 g/mol. The van der Waals surface area contributed by atoms with Crippen LogP contribution in [-0.4, -0.2) is 7.05 Å². The second-order valence-electron chi connectivity index (χ2n) is 3.92. The smallest absolute Gasteiger partial charge is 0.0373 e. The Morgan fingerprint density at radius 3 is 2.73 bits per heavy atom. The monoisotopic (exact) mass is 199 g/mol. The molecule has 0 amide bonds. The van der Waals surface area contributed by atoms with Gasteiger partial charge in [0.1, 0.15) is 0 Å². The van der Waals surface area contributed by atoms with Gasteiger partial charge in [-0.1, -0.05) is 30.4 Å². The molecule has 0 unspecified atom stereocenters. The quantitative estimate of drug-likeness (QED) is 0.764. The van der Waals surface area contributed by atoms with Crippen molar-refractivity contribution in [2.24, 2.45) is 0 Å². The number of rotatable bonds is 2. The fourth-order valence-electron chi connectivity index (χ4n) is 1.90. The number of aryl methyl sites for hydroxylation is 1. The van der Waals surface area contributed by atoms with E-state index in [2.05, 4.69) is 48.7 Å². The van der Waals surface area contributed by atoms with Crippen molar-refractivity contribution < 1.29 is 0 Å². The van der Waals surface area contributed by atoms with Gasteiger partial charge in [-0.2, -0.15) is 0 Å². The molecule has 0 spiro atoms. The molecule has 1 nitrogen and oxygen atoms in total. The van der Waals surface area contributed by atoms with Crippen molar-refractivity contribution in [1.29, 1.82) is 0 Å². The van der Waals surface area contributed by atoms with Gasteiger partial charge in [-0.25, -0.2) is 0 Å². The second kappa shape index (κ2) is 4.35. The normalized spacial score (nSPS) is 14.9. The van der Waals surface area contributed by atoms with Crippen LogP contribution < -0.4 is 5.32 Å². The summed E-state index contributed by atoms with van der Waals surface area (Å²) in [6.07, 6.45) is 9.11. The third-order valence-corrected chi connectivity index (χ3v) is 2.84. The Morgan fingerprint density at radius 1 is 1.20 bits per heavy atom. The highest BCUT2D eigenvalue weighted by Crippen LogP contribution is 2.25. The minimum Gasteiger partial charge on any atom is -0.388 e. The van der Waals surface area contributed by atoms with Gasteiger partial charge in [0, 0.05) is 12.7 Å². The molecule has 0 atom stereocenters. The van der Waals surface area contributed by atoms with Crippen LogP contribution >= 0.6 is 0 Å². The van der Waals surface area contributed by atoms with Crippen molar-refractivity contribution in [3.8, 4) is 0 Å². The molecule has 15 heavy (non-hydrogen) atoms. The van der Waals surface area contributed by atoms with Crippen LogP contribution in [0.3, 0.4) is 0 Å². The maximum atomic E-state index is 3.22. The minimum atomic E-state index is 1.16. The Hall–Kier alpha value is -1.50. The Kier molecular flexibility index (Phi) is 2.91. The van der Waals surface area contributed by atoms with Gasteiger partial charge in [0.25, 0.3) is 0 Å². The topological polar surface area (TPSA) is 12.0 Å². The molecule has 1 aromatic carbocycles. The highest BCUT2D eigenvalue weighted by atomic mass is 14.8. The number of hydrogen-bond donors (Lipinski definition) is 1. The number of nitrogens with one attached hydrogen (secondary N) is 1. The zero-order valence-electron chi connectivity index (χ0n) is 9.38. The molecule has 0 bridgehead atoms. The molecule has 0 aromatic heterocycles. The molecular formula is C14H17N. The summed E-state index contributed by atoms with van der Waals surface area (Å²) in [5, 5.41) is 3.22. The van der Waals surface area contributed by atoms with E-state index in [1.807, 2.05) is 7.05 Å². The van der Waals surface area contributed by atoms with Gasteiger partial charge in [0.15, 0.2) is 0 Å². The Labute approximate surface area is 91.5 Å². The van der Waals surface area contributed by atoms with Crippen LogP contribution in [0.15, 0.2) is 36.4 Å². The summed E-state index contributed by atoms with van der Waals surface area (Å²) >= 11 is 0. The zero-order valence-corrected chi connectivity index (χ0v) is 9.38. The van der Waals surface area contributed by atoms with E-state index in [4.69, 9.17) is 0 Å². The van der Waals surface area contributed by atoms with Gasteiger partial charge < -0.3 is 5.32 Å². The predicted octanol–water partition coefficient (Wildman–Crippen LogP) is 3.77. The van der Waals surface area contributed by atoms with E-state index in [1.165, 1.54) is 28.8 Å². The maximum Gasteiger partial charge on any atom is 0.0373 e. The third-order valence-electron chi connectivity index (χ3n) is 2.84. The lowest BCUT2D eigenvalue weighted by Crippen LogP contribution is -1.94. The summed E-state index contributed by atoms with van der Waals surface area (Å²) in [7, 11) is 1.97. The second-order valence-corrected chi connectivity index (χ2v) is 3.92. The molecule has 1 heteroatoms. The predicted molar refractivity (Wildman–Crippen MR) is 67.1 cm³/mol. The summed E-state index contributed by atoms with van der Waals surface area (Å²) in [5.74, 6) is 0. The first-order chi connectivity index (χ1) is 7.31. The van der Waals surface area contributed by atoms with Crippen molar-refractivity contribution in [3.63, 3.8) is 0 Å². The van der Waals surface area contributed by atoms with E-state index in [-0.39, 0.29) is 0 Å². The van der Waals surface area contributed by atoms with E-state index in [9.17, 15) is 0 Å². The van der Waals surface area contributed by atoms with Crippen molar-refractivity contribution in [2.45, 2.75) is 19.8 Å². The zero-order chi connectivity index (χ0) is 10.7. The molecule has 2 rings (SSSR count). The van der Waals surface area contributed by atoms with Crippen molar-refractivity contribution in [1.82, 2.24) is 0 Å². The van der Waals surface area contributed by atoms with Crippen molar-refractivity contribution in [3.05, 3.63) is 47.6 Å². The summed E-state index contributed by atoms with van der Waals surface area (Å²) in [4.78, 5) is 0. The molecule has 1 N–H and O–H groups in total. The molecule has 1 aromatic rings. The first-order valence-electron chi connectivity index (χ1n) is 5.47. The van der Waals surface area contributed by atoms with Crippen molar-refractivity contribution in [2.75, 3.05) is 12.4 Å². The van der Waals surface area contributed by atoms with E-state index in [0.717, 1.165) is 6.42 Å². The van der Waals surface area contributed by atoms with E-state index in [1.54, 1.807) is 0 Å². The minimum absolute atomic E-state index is 1.16. The number of anilines is 1. The lowest BCUT2D eigenvalue weighted by molar-refractivity contribution is 1.04. The van der Waals surface area contributed by atoms with Gasteiger partial charge in [-0.3, -0.25) is 0 Å². The fourth-order valence-corrected chi connectivity index (χ4v) is 1.90. The molecule has 78 valence electrons. The summed E-state index contributed by atoms with van der Waals surface area (Å²) in [6, 6.07) is 6.58. The van der Waals surface area contributed by atoms with Crippen LogP contribution in [0.5, 0.6) is 0 Å². The molecule has 0 fully saturated rings. The third kappa shape index (κ3) is 2.12. The largest absolute Gasteiger partial charge is 0.388 e. The molecule has 0 saturated carbocycles. The molecule has 0 saturated heterocycles. The average Bonchev–Trinajstić information content (AvgIpc) is 2.31. The maximum absolute atomic E-state index is 3.22. The van der Waals surface area contributed by atoms with Gasteiger partial charge in [-0.05, 0) is 42.5 Å². The number of allylic oxidation sites excluding steroid dienone is 4. The van der Waals surface area contributed by atoms with Gasteiger partial charge >= 0.3 is 0 Å². The SMILES string of the molecule is CNc1cc(C2=CCCC=C2)ccc1C. The van der Waals surface area contributed by atoms with Crippen LogP contribution in [0.1, 0.15) is 24.0 Å². The molecule has 0 aliphatic heterocycles. The van der Waals surface area contributed by atoms with Crippen LogP contribution in [0, 0.1) is 6.92 Å². The highest BCUT2D eigenvalue weighted by Gasteiger charge is 2.03. The first-order valence-corrected chi connectivity index (χ1v) is 5.47. The van der Waals surface area contributed by atoms with Crippen LogP contribution in [0.4, 0.5) is 5.69 Å². The Bertz CT molecular complexity index is 413. The molecule has 1 aliphatic rings. The Morgan fingerprint density at radius 2 is 2.07 bits per heavy atom. The van der Waals surface area contributed by atoms with E-state index >= 15 is 0 Å². The summed E-state index contributed by atoms with van der Waals surface area (Å²) in [5.41, 5.74) is 5.16. The van der Waals surface area contributed by atoms with E-state index in [0.29, 0.717) is 0 Å². The van der Waals surface area contributed by atoms with Crippen LogP contribution in [0.25, 0.3) is 5.57 Å². The number of benzene rings is 1. The lowest BCUT2D eigenvalue weighted by Gasteiger charge is -2.11. The van der Waals surface area contributed by atoms with Gasteiger partial charge in [0.2, 0.25) is 0 Å². The highest BCUT2D eigenvalue weighted by molar-refractivity contribution is 5.77. The van der Waals surface area contributed by atoms with E-state index < -0.39 is 0 Å². The van der Waals surface area contributed by atoms with Gasteiger partial charge in [-0.15, -0.1) is 0 Å². The fraction of sp³-hybridized carbons (Fsp3) is 0.286. The first kappa shape index (κ1) is 10.0. The lowest BCUT2D eigenvalue weighted by atomic mass is 9.98. The Balaban J connectivity index is 2.36. The van der Waals surface area contributed by atoms with Gasteiger partial charge in [0.05, 0.1) is 0 Å². The standard InChI is InChI=1S/C14H17N/c1-11-8-9-13(10-14(11)15-2)12-6-4-3-5-7-12/h4,6-10,15H,3,5H2,1-2H3. The molecule has 0 heterocycles. The van der Waals surface area contributed by atoms with Crippen LogP contribution in [0.2, 0.25) is 0 Å². The molecule has 0 radical (unpaired) electrons. The summed E-state index contributed by atoms with van der Waals surface area (Å²) in [6.45, 7) is 2.13. The summed E-state index contributed by atoms with van der Waals surface area (Å²) < 4.78 is 0. The number of hydrogen-bond acceptors (Lipinski definition) is 1. The van der Waals surface area contributed by atoms with Crippen molar-refractivity contribution >= 4 is 11.3 Å². The molecule has 1 aliphatic carbocycles.